The number of hydrogen-bond donors (Lipinski definition) is 2. The van der Waals surface area contributed by atoms with E-state index >= 15 is 0 Å². The first kappa shape index (κ1) is 13.8. The Bertz CT molecular complexity index is 840. The predicted octanol–water partition coefficient (Wildman–Crippen LogP) is 2.39. The predicted molar refractivity (Wildman–Crippen MR) is 80.8 cm³/mol. The van der Waals surface area contributed by atoms with E-state index in [1.807, 2.05) is 18.2 Å². The van der Waals surface area contributed by atoms with Gasteiger partial charge in [0.1, 0.15) is 11.0 Å². The number of ketones is 1. The molecule has 0 fully saturated rings. The molecule has 0 aliphatic carbocycles. The summed E-state index contributed by atoms with van der Waals surface area (Å²) in [4.78, 5) is 29.6. The van der Waals surface area contributed by atoms with Gasteiger partial charge in [-0.2, -0.15) is 5.32 Å². The number of aromatic amines is 2. The minimum Gasteiger partial charge on any atom is -0.441 e. The number of rotatable bonds is 3. The fraction of sp³-hybridized carbons (Fsp3) is 0.0625. The highest BCUT2D eigenvalue weighted by Crippen LogP contribution is 2.16. The van der Waals surface area contributed by atoms with Crippen LogP contribution in [0.4, 0.5) is 10.7 Å². The molecule has 0 bridgehead atoms. The maximum Gasteiger partial charge on any atom is 0.476 e. The molecule has 2 aromatic carbocycles. The number of amides is 1. The third-order valence-electron chi connectivity index (χ3n) is 3.25. The van der Waals surface area contributed by atoms with Crippen molar-refractivity contribution in [2.75, 3.05) is 12.4 Å². The first-order chi connectivity index (χ1) is 10.7. The average molecular weight is 296 g/mol. The molecule has 3 N–H and O–H groups in total. The number of nitrogens with one attached hydrogen (secondary N) is 3. The monoisotopic (exact) mass is 296 g/mol. The van der Waals surface area contributed by atoms with Crippen LogP contribution in [0, 0.1) is 0 Å². The van der Waals surface area contributed by atoms with Crippen molar-refractivity contribution < 1.29 is 19.3 Å². The third kappa shape index (κ3) is 2.67. The van der Waals surface area contributed by atoms with Crippen molar-refractivity contribution in [2.45, 2.75) is 0 Å². The van der Waals surface area contributed by atoms with Crippen molar-refractivity contribution in [3.05, 3.63) is 59.7 Å². The molecule has 0 radical (unpaired) electrons. The molecule has 110 valence electrons. The van der Waals surface area contributed by atoms with Gasteiger partial charge < -0.3 is 4.74 Å². The van der Waals surface area contributed by atoms with E-state index in [0.717, 1.165) is 5.52 Å². The summed E-state index contributed by atoms with van der Waals surface area (Å²) in [5.41, 5.74) is 2.69. The Balaban J connectivity index is 1.93. The Morgan fingerprint density at radius 2 is 1.86 bits per heavy atom. The lowest BCUT2D eigenvalue weighted by atomic mass is 10.0. The molecule has 0 unspecified atom stereocenters. The molecule has 22 heavy (non-hydrogen) atoms. The molecule has 1 aromatic heterocycles. The third-order valence-corrected chi connectivity index (χ3v) is 3.25. The van der Waals surface area contributed by atoms with Crippen molar-refractivity contribution >= 4 is 28.9 Å². The molecule has 0 spiro atoms. The summed E-state index contributed by atoms with van der Waals surface area (Å²) < 4.78 is 4.53. The van der Waals surface area contributed by atoms with Crippen molar-refractivity contribution in [3.8, 4) is 0 Å². The summed E-state index contributed by atoms with van der Waals surface area (Å²) >= 11 is 0. The molecule has 1 heterocycles. The molecule has 0 aliphatic rings. The summed E-state index contributed by atoms with van der Waals surface area (Å²) in [6, 6.07) is 14.3. The molecule has 0 aliphatic heterocycles. The van der Waals surface area contributed by atoms with Crippen LogP contribution in [0.3, 0.4) is 0 Å². The Hall–Kier alpha value is -3.15. The molecule has 0 atom stereocenters. The Morgan fingerprint density at radius 1 is 1.09 bits per heavy atom. The zero-order valence-electron chi connectivity index (χ0n) is 11.8. The van der Waals surface area contributed by atoms with Crippen LogP contribution in [0.2, 0.25) is 0 Å². The molecule has 3 rings (SSSR count). The van der Waals surface area contributed by atoms with Gasteiger partial charge in [-0.3, -0.25) is 4.79 Å². The van der Waals surface area contributed by atoms with Crippen LogP contribution >= 0.6 is 0 Å². The lowest BCUT2D eigenvalue weighted by molar-refractivity contribution is -0.326. The number of methoxy groups -OCH3 is 1. The largest absolute Gasteiger partial charge is 0.476 e. The number of carbonyl (C=O) groups is 2. The second kappa shape index (κ2) is 5.69. The van der Waals surface area contributed by atoms with Gasteiger partial charge >= 0.3 is 12.0 Å². The first-order valence-electron chi connectivity index (χ1n) is 6.67. The lowest BCUT2D eigenvalue weighted by Crippen LogP contribution is -2.17. The van der Waals surface area contributed by atoms with Crippen LogP contribution in [0.1, 0.15) is 15.9 Å². The zero-order valence-corrected chi connectivity index (χ0v) is 11.8. The minimum absolute atomic E-state index is 0.0559. The second-order valence-electron chi connectivity index (χ2n) is 4.70. The van der Waals surface area contributed by atoms with Gasteiger partial charge in [-0.15, -0.1) is 0 Å². The number of anilines is 1. The summed E-state index contributed by atoms with van der Waals surface area (Å²) in [5, 5.41) is 2.50. The van der Waals surface area contributed by atoms with E-state index in [2.05, 4.69) is 20.0 Å². The molecule has 1 amide bonds. The molecule has 0 saturated heterocycles. The lowest BCUT2D eigenvalue weighted by Gasteiger charge is -1.99. The molecule has 0 saturated carbocycles. The van der Waals surface area contributed by atoms with Gasteiger partial charge in [0.2, 0.25) is 0 Å². The SMILES string of the molecule is COC(=O)Nc1[nH]c2cc(C(=O)c3ccccc3)ccc2[nH+]1. The normalized spacial score (nSPS) is 10.4. The van der Waals surface area contributed by atoms with E-state index in [1.165, 1.54) is 7.11 Å². The van der Waals surface area contributed by atoms with Gasteiger partial charge in [-0.05, 0) is 18.2 Å². The van der Waals surface area contributed by atoms with Gasteiger partial charge in [-0.1, -0.05) is 30.3 Å². The summed E-state index contributed by atoms with van der Waals surface area (Å²) in [5.74, 6) is 0.339. The standard InChI is InChI=1S/C16H13N3O3/c1-22-16(21)19-15-17-12-8-7-11(9-13(12)18-15)14(20)10-5-3-2-4-6-10/h2-9H,1H3,(H2,17,18,19,21)/p+1. The first-order valence-corrected chi connectivity index (χ1v) is 6.67. The van der Waals surface area contributed by atoms with Crippen LogP contribution in [0.15, 0.2) is 48.5 Å². The van der Waals surface area contributed by atoms with Gasteiger partial charge in [0.05, 0.1) is 7.11 Å². The highest BCUT2D eigenvalue weighted by Gasteiger charge is 2.15. The molecular formula is C16H14N3O3+. The minimum atomic E-state index is -0.580. The van der Waals surface area contributed by atoms with Crippen LogP contribution < -0.4 is 10.3 Å². The molecular weight excluding hydrogens is 282 g/mol. The highest BCUT2D eigenvalue weighted by molar-refractivity contribution is 6.10. The second-order valence-corrected chi connectivity index (χ2v) is 4.70. The quantitative estimate of drug-likeness (QED) is 0.728. The van der Waals surface area contributed by atoms with Crippen LogP contribution in [-0.2, 0) is 4.74 Å². The summed E-state index contributed by atoms with van der Waals surface area (Å²) in [6.07, 6.45) is -0.580. The van der Waals surface area contributed by atoms with E-state index in [9.17, 15) is 9.59 Å². The molecule has 6 nitrogen and oxygen atoms in total. The van der Waals surface area contributed by atoms with Crippen molar-refractivity contribution in [2.24, 2.45) is 0 Å². The van der Waals surface area contributed by atoms with Gasteiger partial charge in [0.15, 0.2) is 5.78 Å². The fourth-order valence-electron chi connectivity index (χ4n) is 2.17. The van der Waals surface area contributed by atoms with Crippen LogP contribution in [0.25, 0.3) is 11.0 Å². The van der Waals surface area contributed by atoms with Crippen molar-refractivity contribution in [3.63, 3.8) is 0 Å². The van der Waals surface area contributed by atoms with E-state index < -0.39 is 6.09 Å². The number of H-pyrrole nitrogens is 2. The Kier molecular flexibility index (Phi) is 3.57. The Labute approximate surface area is 126 Å². The van der Waals surface area contributed by atoms with E-state index in [-0.39, 0.29) is 5.78 Å². The number of ether oxygens (including phenoxy) is 1. The van der Waals surface area contributed by atoms with Crippen molar-refractivity contribution in [1.82, 2.24) is 4.98 Å². The van der Waals surface area contributed by atoms with E-state index in [4.69, 9.17) is 0 Å². The molecule has 6 heteroatoms. The smallest absolute Gasteiger partial charge is 0.441 e. The maximum absolute atomic E-state index is 12.4. The van der Waals surface area contributed by atoms with Gasteiger partial charge in [0.25, 0.3) is 0 Å². The maximum atomic E-state index is 12.4. The number of aromatic nitrogens is 2. The number of imidazole rings is 1. The Morgan fingerprint density at radius 3 is 2.59 bits per heavy atom. The molecule has 3 aromatic rings. The average Bonchev–Trinajstić information content (AvgIpc) is 2.96. The zero-order chi connectivity index (χ0) is 15.5. The number of benzene rings is 2. The fourth-order valence-corrected chi connectivity index (χ4v) is 2.17. The number of fused-ring (bicyclic) bond motifs is 1. The van der Waals surface area contributed by atoms with Crippen molar-refractivity contribution in [1.29, 1.82) is 0 Å². The number of hydrogen-bond acceptors (Lipinski definition) is 3. The topological polar surface area (TPSA) is 85.3 Å². The van der Waals surface area contributed by atoms with Crippen LogP contribution in [0.5, 0.6) is 0 Å². The van der Waals surface area contributed by atoms with Crippen LogP contribution in [-0.4, -0.2) is 24.0 Å². The van der Waals surface area contributed by atoms with E-state index in [1.54, 1.807) is 30.3 Å². The van der Waals surface area contributed by atoms with Gasteiger partial charge in [-0.25, -0.2) is 14.8 Å². The van der Waals surface area contributed by atoms with Gasteiger partial charge in [0, 0.05) is 11.1 Å². The number of carbonyl (C=O) groups excluding carboxylic acids is 2. The summed E-state index contributed by atoms with van der Waals surface area (Å²) in [7, 11) is 1.29. The van der Waals surface area contributed by atoms with E-state index in [0.29, 0.717) is 22.6 Å². The highest BCUT2D eigenvalue weighted by atomic mass is 16.5. The summed E-state index contributed by atoms with van der Waals surface area (Å²) in [6.45, 7) is 0.